The molecule has 25 heavy (non-hydrogen) atoms. The van der Waals surface area contributed by atoms with Crippen molar-refractivity contribution in [1.82, 2.24) is 14.9 Å². The van der Waals surface area contributed by atoms with E-state index >= 15 is 0 Å². The summed E-state index contributed by atoms with van der Waals surface area (Å²) in [7, 11) is 1.93. The summed E-state index contributed by atoms with van der Waals surface area (Å²) in [5.41, 5.74) is 2.70. The highest BCUT2D eigenvalue weighted by Gasteiger charge is 2.06. The zero-order valence-corrected chi connectivity index (χ0v) is 13.9. The highest BCUT2D eigenvalue weighted by Crippen LogP contribution is 2.20. The normalized spacial score (nSPS) is 10.4. The number of anilines is 1. The summed E-state index contributed by atoms with van der Waals surface area (Å²) in [6, 6.07) is 14.3. The highest BCUT2D eigenvalue weighted by molar-refractivity contribution is 5.89. The molecule has 3 rings (SSSR count). The number of aryl methyl sites for hydroxylation is 1. The largest absolute Gasteiger partial charge is 0.508 e. The number of benzene rings is 2. The van der Waals surface area contributed by atoms with Gasteiger partial charge in [-0.1, -0.05) is 24.3 Å². The van der Waals surface area contributed by atoms with Gasteiger partial charge in [-0.05, 0) is 36.2 Å². The summed E-state index contributed by atoms with van der Waals surface area (Å²) in [6.07, 6.45) is 4.32. The maximum Gasteiger partial charge on any atom is 0.319 e. The minimum atomic E-state index is -0.254. The second-order valence-electron chi connectivity index (χ2n) is 5.74. The number of carbonyl (C=O) groups is 1. The van der Waals surface area contributed by atoms with E-state index in [1.54, 1.807) is 18.3 Å². The Balaban J connectivity index is 1.54. The van der Waals surface area contributed by atoms with Crippen LogP contribution in [0.2, 0.25) is 0 Å². The quantitative estimate of drug-likeness (QED) is 0.669. The van der Waals surface area contributed by atoms with Gasteiger partial charge in [0, 0.05) is 37.2 Å². The predicted octanol–water partition coefficient (Wildman–Crippen LogP) is 3.16. The van der Waals surface area contributed by atoms with Gasteiger partial charge in [-0.2, -0.15) is 0 Å². The van der Waals surface area contributed by atoms with Crippen molar-refractivity contribution in [3.05, 3.63) is 66.5 Å². The number of aromatic nitrogens is 2. The summed E-state index contributed by atoms with van der Waals surface area (Å²) in [5, 5.41) is 14.9. The molecule has 0 aliphatic heterocycles. The maximum atomic E-state index is 12.0. The Morgan fingerprint density at radius 2 is 2.00 bits per heavy atom. The molecule has 0 unspecified atom stereocenters. The molecule has 0 spiro atoms. The van der Waals surface area contributed by atoms with Crippen LogP contribution >= 0.6 is 0 Å². The first kappa shape index (κ1) is 16.6. The van der Waals surface area contributed by atoms with Crippen molar-refractivity contribution in [3.8, 4) is 17.1 Å². The van der Waals surface area contributed by atoms with Gasteiger partial charge in [0.15, 0.2) is 0 Å². The number of aromatic hydroxyl groups is 1. The smallest absolute Gasteiger partial charge is 0.319 e. The number of rotatable bonds is 5. The van der Waals surface area contributed by atoms with Crippen LogP contribution in [0.15, 0.2) is 60.9 Å². The molecule has 0 saturated heterocycles. The number of hydrogen-bond donors (Lipinski definition) is 3. The first-order valence-corrected chi connectivity index (χ1v) is 8.02. The maximum absolute atomic E-state index is 12.0. The van der Waals surface area contributed by atoms with Gasteiger partial charge in [0.05, 0.1) is 0 Å². The van der Waals surface area contributed by atoms with Crippen LogP contribution < -0.4 is 10.6 Å². The first-order valence-electron chi connectivity index (χ1n) is 8.02. The van der Waals surface area contributed by atoms with Crippen LogP contribution in [0.4, 0.5) is 10.5 Å². The lowest BCUT2D eigenvalue weighted by molar-refractivity contribution is 0.252. The molecule has 2 amide bonds. The van der Waals surface area contributed by atoms with E-state index in [0.717, 1.165) is 17.0 Å². The topological polar surface area (TPSA) is 79.2 Å². The standard InChI is InChI=1S/C19H20N4O2/c1-23-12-11-20-18(23)15-3-2-4-16(13-15)22-19(25)21-10-9-14-5-7-17(24)8-6-14/h2-8,11-13,24H,9-10H2,1H3,(H2,21,22,25). The number of urea groups is 1. The van der Waals surface area contributed by atoms with Crippen molar-refractivity contribution < 1.29 is 9.90 Å². The average molecular weight is 336 g/mol. The molecule has 0 radical (unpaired) electrons. The Hall–Kier alpha value is -3.28. The molecule has 0 bridgehead atoms. The van der Waals surface area contributed by atoms with E-state index in [0.29, 0.717) is 18.7 Å². The zero-order chi connectivity index (χ0) is 17.6. The number of nitrogens with zero attached hydrogens (tertiary/aromatic N) is 2. The van der Waals surface area contributed by atoms with Crippen LogP contribution in [0, 0.1) is 0 Å². The van der Waals surface area contributed by atoms with Crippen molar-refractivity contribution >= 4 is 11.7 Å². The molecule has 1 heterocycles. The summed E-state index contributed by atoms with van der Waals surface area (Å²) < 4.78 is 1.93. The summed E-state index contributed by atoms with van der Waals surface area (Å²) in [6.45, 7) is 0.510. The number of phenols is 1. The van der Waals surface area contributed by atoms with Crippen LogP contribution in [-0.2, 0) is 13.5 Å². The van der Waals surface area contributed by atoms with Gasteiger partial charge in [-0.3, -0.25) is 0 Å². The summed E-state index contributed by atoms with van der Waals surface area (Å²) >= 11 is 0. The number of hydrogen-bond acceptors (Lipinski definition) is 3. The van der Waals surface area contributed by atoms with Crippen LogP contribution in [0.5, 0.6) is 5.75 Å². The van der Waals surface area contributed by atoms with Gasteiger partial charge in [0.25, 0.3) is 0 Å². The fourth-order valence-corrected chi connectivity index (χ4v) is 2.54. The van der Waals surface area contributed by atoms with Crippen molar-refractivity contribution in [1.29, 1.82) is 0 Å². The van der Waals surface area contributed by atoms with Crippen LogP contribution in [0.25, 0.3) is 11.4 Å². The summed E-state index contributed by atoms with van der Waals surface area (Å²) in [4.78, 5) is 16.4. The molecular weight excluding hydrogens is 316 g/mol. The second-order valence-corrected chi connectivity index (χ2v) is 5.74. The number of carbonyl (C=O) groups excluding carboxylic acids is 1. The molecule has 2 aromatic carbocycles. The predicted molar refractivity (Wildman–Crippen MR) is 97.5 cm³/mol. The van der Waals surface area contributed by atoms with Crippen LogP contribution in [0.3, 0.4) is 0 Å². The minimum absolute atomic E-state index is 0.238. The first-order chi connectivity index (χ1) is 12.1. The van der Waals surface area contributed by atoms with E-state index < -0.39 is 0 Å². The van der Waals surface area contributed by atoms with Gasteiger partial charge in [0.1, 0.15) is 11.6 Å². The Morgan fingerprint density at radius 3 is 2.72 bits per heavy atom. The molecular formula is C19H20N4O2. The molecule has 3 aromatic rings. The van der Waals surface area contributed by atoms with Gasteiger partial charge in [-0.25, -0.2) is 9.78 Å². The van der Waals surface area contributed by atoms with E-state index in [-0.39, 0.29) is 11.8 Å². The molecule has 3 N–H and O–H groups in total. The van der Waals surface area contributed by atoms with E-state index in [1.807, 2.05) is 54.2 Å². The SMILES string of the molecule is Cn1ccnc1-c1cccc(NC(=O)NCCc2ccc(O)cc2)c1. The van der Waals surface area contributed by atoms with E-state index in [4.69, 9.17) is 0 Å². The Labute approximate surface area is 146 Å². The van der Waals surface area contributed by atoms with Gasteiger partial charge >= 0.3 is 6.03 Å². The van der Waals surface area contributed by atoms with E-state index in [9.17, 15) is 9.90 Å². The molecule has 6 heteroatoms. The number of amides is 2. The lowest BCUT2D eigenvalue weighted by atomic mass is 10.1. The van der Waals surface area contributed by atoms with Crippen molar-refractivity contribution in [3.63, 3.8) is 0 Å². The molecule has 6 nitrogen and oxygen atoms in total. The third-order valence-corrected chi connectivity index (χ3v) is 3.84. The molecule has 0 aliphatic carbocycles. The third kappa shape index (κ3) is 4.38. The van der Waals surface area contributed by atoms with Gasteiger partial charge in [0.2, 0.25) is 0 Å². The van der Waals surface area contributed by atoms with Crippen molar-refractivity contribution in [2.45, 2.75) is 6.42 Å². The highest BCUT2D eigenvalue weighted by atomic mass is 16.3. The molecule has 0 saturated carbocycles. The lowest BCUT2D eigenvalue weighted by Gasteiger charge is -2.09. The number of phenolic OH excluding ortho intramolecular Hbond substituents is 1. The van der Waals surface area contributed by atoms with Crippen LogP contribution in [-0.4, -0.2) is 27.2 Å². The Morgan fingerprint density at radius 1 is 1.20 bits per heavy atom. The fraction of sp³-hybridized carbons (Fsp3) is 0.158. The van der Waals surface area contributed by atoms with E-state index in [1.165, 1.54) is 0 Å². The third-order valence-electron chi connectivity index (χ3n) is 3.84. The molecule has 0 fully saturated rings. The Bertz CT molecular complexity index is 856. The number of imidazole rings is 1. The van der Waals surface area contributed by atoms with Gasteiger partial charge in [-0.15, -0.1) is 0 Å². The molecule has 0 atom stereocenters. The van der Waals surface area contributed by atoms with Crippen molar-refractivity contribution in [2.24, 2.45) is 7.05 Å². The lowest BCUT2D eigenvalue weighted by Crippen LogP contribution is -2.30. The Kier molecular flexibility index (Phi) is 4.99. The fourth-order valence-electron chi connectivity index (χ4n) is 2.54. The molecule has 128 valence electrons. The zero-order valence-electron chi connectivity index (χ0n) is 13.9. The monoisotopic (exact) mass is 336 g/mol. The van der Waals surface area contributed by atoms with Crippen molar-refractivity contribution in [2.75, 3.05) is 11.9 Å². The molecule has 1 aromatic heterocycles. The average Bonchev–Trinajstić information content (AvgIpc) is 3.03. The second kappa shape index (κ2) is 7.53. The van der Waals surface area contributed by atoms with E-state index in [2.05, 4.69) is 15.6 Å². The molecule has 0 aliphatic rings. The number of nitrogens with one attached hydrogen (secondary N) is 2. The van der Waals surface area contributed by atoms with Crippen LogP contribution in [0.1, 0.15) is 5.56 Å². The minimum Gasteiger partial charge on any atom is -0.508 e. The van der Waals surface area contributed by atoms with Gasteiger partial charge < -0.3 is 20.3 Å². The summed E-state index contributed by atoms with van der Waals surface area (Å²) in [5.74, 6) is 1.08.